The molecule has 0 unspecified atom stereocenters. The minimum absolute atomic E-state index is 0.0973. The number of rotatable bonds is 9. The molecule has 0 aliphatic heterocycles. The molecule has 5 nitrogen and oxygen atoms in total. The van der Waals surface area contributed by atoms with Gasteiger partial charge in [-0.2, -0.15) is 5.10 Å². The molecule has 0 heterocycles. The maximum absolute atomic E-state index is 11.9. The van der Waals surface area contributed by atoms with E-state index in [-0.39, 0.29) is 12.5 Å². The topological polar surface area (TPSA) is 59.9 Å². The van der Waals surface area contributed by atoms with Gasteiger partial charge in [-0.3, -0.25) is 4.79 Å². The number of hydrazone groups is 1. The number of fused-ring (bicyclic) bond motifs is 1. The highest BCUT2D eigenvalue weighted by molar-refractivity contribution is 5.84. The van der Waals surface area contributed by atoms with Crippen LogP contribution in [0.25, 0.3) is 10.8 Å². The summed E-state index contributed by atoms with van der Waals surface area (Å²) in [4.78, 5) is 11.9. The van der Waals surface area contributed by atoms with Gasteiger partial charge in [0.1, 0.15) is 11.5 Å². The molecular formula is C23H24N2O3. The summed E-state index contributed by atoms with van der Waals surface area (Å²) < 4.78 is 11.2. The van der Waals surface area contributed by atoms with Crippen molar-refractivity contribution in [3.05, 3.63) is 72.3 Å². The number of carbonyl (C=O) groups excluding carboxylic acids is 1. The summed E-state index contributed by atoms with van der Waals surface area (Å²) in [7, 11) is 0. The molecule has 0 bridgehead atoms. The van der Waals surface area contributed by atoms with E-state index in [1.165, 1.54) is 0 Å². The summed E-state index contributed by atoms with van der Waals surface area (Å²) in [5, 5.41) is 6.16. The molecular weight excluding hydrogens is 352 g/mol. The SMILES string of the molecule is CCCCOc1ccc(/C=N\NC(=O)COc2ccc3ccccc3c2)cc1. The molecule has 0 fully saturated rings. The van der Waals surface area contributed by atoms with Crippen molar-refractivity contribution in [3.63, 3.8) is 0 Å². The van der Waals surface area contributed by atoms with Crippen LogP contribution in [-0.2, 0) is 4.79 Å². The molecule has 5 heteroatoms. The maximum atomic E-state index is 11.9. The smallest absolute Gasteiger partial charge is 0.277 e. The van der Waals surface area contributed by atoms with Gasteiger partial charge in [0.15, 0.2) is 6.61 Å². The van der Waals surface area contributed by atoms with Crippen molar-refractivity contribution >= 4 is 22.9 Å². The Morgan fingerprint density at radius 3 is 2.50 bits per heavy atom. The van der Waals surface area contributed by atoms with Gasteiger partial charge in [0.2, 0.25) is 0 Å². The number of nitrogens with one attached hydrogen (secondary N) is 1. The molecule has 0 spiro atoms. The lowest BCUT2D eigenvalue weighted by Crippen LogP contribution is -2.24. The molecule has 0 aromatic heterocycles. The number of ether oxygens (including phenoxy) is 2. The second kappa shape index (κ2) is 10.1. The first-order valence-corrected chi connectivity index (χ1v) is 9.41. The van der Waals surface area contributed by atoms with Crippen LogP contribution in [0.2, 0.25) is 0 Å². The lowest BCUT2D eigenvalue weighted by atomic mass is 10.1. The van der Waals surface area contributed by atoms with Crippen LogP contribution in [0.4, 0.5) is 0 Å². The summed E-state index contributed by atoms with van der Waals surface area (Å²) in [6.45, 7) is 2.75. The maximum Gasteiger partial charge on any atom is 0.277 e. The van der Waals surface area contributed by atoms with Crippen LogP contribution in [0.3, 0.4) is 0 Å². The first kappa shape index (κ1) is 19.4. The van der Waals surface area contributed by atoms with Crippen LogP contribution in [-0.4, -0.2) is 25.3 Å². The highest BCUT2D eigenvalue weighted by Gasteiger charge is 2.02. The van der Waals surface area contributed by atoms with E-state index in [1.807, 2.05) is 66.7 Å². The van der Waals surface area contributed by atoms with E-state index in [0.29, 0.717) is 5.75 Å². The van der Waals surface area contributed by atoms with Crippen LogP contribution in [0, 0.1) is 0 Å². The monoisotopic (exact) mass is 376 g/mol. The molecule has 0 aliphatic rings. The largest absolute Gasteiger partial charge is 0.494 e. The Morgan fingerprint density at radius 1 is 0.964 bits per heavy atom. The Balaban J connectivity index is 1.44. The molecule has 144 valence electrons. The predicted molar refractivity (Wildman–Crippen MR) is 112 cm³/mol. The minimum Gasteiger partial charge on any atom is -0.494 e. The van der Waals surface area contributed by atoms with Crippen LogP contribution >= 0.6 is 0 Å². The average molecular weight is 376 g/mol. The third kappa shape index (κ3) is 5.84. The van der Waals surface area contributed by atoms with Crippen LogP contribution in [0.1, 0.15) is 25.3 Å². The first-order valence-electron chi connectivity index (χ1n) is 9.41. The van der Waals surface area contributed by atoms with Crippen molar-refractivity contribution < 1.29 is 14.3 Å². The molecule has 3 rings (SSSR count). The van der Waals surface area contributed by atoms with Gasteiger partial charge in [-0.15, -0.1) is 0 Å². The first-order chi connectivity index (χ1) is 13.7. The zero-order valence-electron chi connectivity index (χ0n) is 15.9. The molecule has 0 saturated carbocycles. The summed E-state index contributed by atoms with van der Waals surface area (Å²) in [5.41, 5.74) is 3.34. The summed E-state index contributed by atoms with van der Waals surface area (Å²) in [6.07, 6.45) is 3.73. The quantitative estimate of drug-likeness (QED) is 0.339. The van der Waals surface area contributed by atoms with Crippen molar-refractivity contribution in [3.8, 4) is 11.5 Å². The lowest BCUT2D eigenvalue weighted by molar-refractivity contribution is -0.123. The molecule has 3 aromatic rings. The molecule has 0 atom stereocenters. The Bertz CT molecular complexity index is 936. The molecule has 0 saturated heterocycles. The molecule has 1 amide bonds. The molecule has 3 aromatic carbocycles. The van der Waals surface area contributed by atoms with Crippen LogP contribution in [0.15, 0.2) is 71.8 Å². The van der Waals surface area contributed by atoms with Gasteiger partial charge in [0.05, 0.1) is 12.8 Å². The summed E-state index contributed by atoms with van der Waals surface area (Å²) in [6, 6.07) is 21.3. The fraction of sp³-hybridized carbons (Fsp3) is 0.217. The van der Waals surface area contributed by atoms with Crippen LogP contribution < -0.4 is 14.9 Å². The summed E-state index contributed by atoms with van der Waals surface area (Å²) >= 11 is 0. The van der Waals surface area contributed by atoms with Gasteiger partial charge in [-0.25, -0.2) is 5.43 Å². The van der Waals surface area contributed by atoms with Crippen molar-refractivity contribution in [2.24, 2.45) is 5.10 Å². The molecule has 0 radical (unpaired) electrons. The fourth-order valence-corrected chi connectivity index (χ4v) is 2.60. The number of nitrogens with zero attached hydrogens (tertiary/aromatic N) is 1. The third-order valence-electron chi connectivity index (χ3n) is 4.14. The number of carbonyl (C=O) groups is 1. The highest BCUT2D eigenvalue weighted by Crippen LogP contribution is 2.20. The van der Waals surface area contributed by atoms with E-state index < -0.39 is 0 Å². The predicted octanol–water partition coefficient (Wildman–Crippen LogP) is 4.55. The Labute approximate surface area is 165 Å². The number of amides is 1. The zero-order valence-corrected chi connectivity index (χ0v) is 15.9. The number of unbranched alkanes of at least 4 members (excludes halogenated alkanes) is 1. The summed E-state index contributed by atoms with van der Waals surface area (Å²) in [5.74, 6) is 1.17. The minimum atomic E-state index is -0.316. The Morgan fingerprint density at radius 2 is 1.71 bits per heavy atom. The number of hydrogen-bond acceptors (Lipinski definition) is 4. The number of hydrogen-bond donors (Lipinski definition) is 1. The van der Waals surface area contributed by atoms with Crippen LogP contribution in [0.5, 0.6) is 11.5 Å². The normalized spacial score (nSPS) is 10.9. The zero-order chi connectivity index (χ0) is 19.6. The second-order valence-electron chi connectivity index (χ2n) is 6.36. The van der Waals surface area contributed by atoms with E-state index in [1.54, 1.807) is 6.21 Å². The van der Waals surface area contributed by atoms with E-state index in [9.17, 15) is 4.79 Å². The highest BCUT2D eigenvalue weighted by atomic mass is 16.5. The Kier molecular flexibility index (Phi) is 7.01. The number of benzene rings is 3. The van der Waals surface area contributed by atoms with Crippen molar-refractivity contribution in [2.75, 3.05) is 13.2 Å². The second-order valence-corrected chi connectivity index (χ2v) is 6.36. The van der Waals surface area contributed by atoms with E-state index in [0.717, 1.165) is 41.5 Å². The van der Waals surface area contributed by atoms with Crippen molar-refractivity contribution in [1.82, 2.24) is 5.43 Å². The average Bonchev–Trinajstić information content (AvgIpc) is 2.73. The standard InChI is InChI=1S/C23H24N2O3/c1-2-3-14-27-21-11-8-18(9-12-21)16-24-25-23(26)17-28-22-13-10-19-6-4-5-7-20(19)15-22/h4-13,15-16H,2-3,14,17H2,1H3,(H,25,26)/b24-16-. The lowest BCUT2D eigenvalue weighted by Gasteiger charge is -2.06. The van der Waals surface area contributed by atoms with Gasteiger partial charge in [0.25, 0.3) is 5.91 Å². The van der Waals surface area contributed by atoms with Gasteiger partial charge in [0, 0.05) is 0 Å². The third-order valence-corrected chi connectivity index (χ3v) is 4.14. The Hall–Kier alpha value is -3.34. The van der Waals surface area contributed by atoms with E-state index >= 15 is 0 Å². The molecule has 1 N–H and O–H groups in total. The van der Waals surface area contributed by atoms with Gasteiger partial charge in [-0.05, 0) is 59.2 Å². The molecule has 28 heavy (non-hydrogen) atoms. The van der Waals surface area contributed by atoms with Crippen molar-refractivity contribution in [2.45, 2.75) is 19.8 Å². The fourth-order valence-electron chi connectivity index (χ4n) is 2.60. The van der Waals surface area contributed by atoms with E-state index in [2.05, 4.69) is 17.5 Å². The molecule has 0 aliphatic carbocycles. The van der Waals surface area contributed by atoms with Gasteiger partial charge < -0.3 is 9.47 Å². The van der Waals surface area contributed by atoms with Gasteiger partial charge in [-0.1, -0.05) is 43.7 Å². The van der Waals surface area contributed by atoms with Crippen molar-refractivity contribution in [1.29, 1.82) is 0 Å². The van der Waals surface area contributed by atoms with E-state index in [4.69, 9.17) is 9.47 Å². The van der Waals surface area contributed by atoms with Gasteiger partial charge >= 0.3 is 0 Å².